The quantitative estimate of drug-likeness (QED) is 0.432. The average Bonchev–Trinajstić information content (AvgIpc) is 2.72. The Morgan fingerprint density at radius 2 is 1.65 bits per heavy atom. The number of nitrogens with zero attached hydrogens (tertiary/aromatic N) is 2. The molecule has 1 fully saturated rings. The molecule has 0 N–H and O–H groups in total. The minimum atomic E-state index is -4.46. The maximum Gasteiger partial charge on any atom is 0.416 e. The van der Waals surface area contributed by atoms with E-state index in [1.54, 1.807) is 6.07 Å². The minimum Gasteiger partial charge on any atom is -0.299 e. The fourth-order valence-corrected chi connectivity index (χ4v) is 4.92. The lowest BCUT2D eigenvalue weighted by Gasteiger charge is -2.43. The van der Waals surface area contributed by atoms with Gasteiger partial charge in [0.15, 0.2) is 0 Å². The molecule has 2 nitrogen and oxygen atoms in total. The van der Waals surface area contributed by atoms with Crippen LogP contribution in [0.3, 0.4) is 0 Å². The van der Waals surface area contributed by atoms with Gasteiger partial charge in [0, 0.05) is 12.6 Å². The fourth-order valence-electron chi connectivity index (χ4n) is 4.92. The van der Waals surface area contributed by atoms with Gasteiger partial charge in [0.05, 0.1) is 17.0 Å². The van der Waals surface area contributed by atoms with Crippen LogP contribution in [0.5, 0.6) is 0 Å². The molecule has 0 aliphatic heterocycles. The van der Waals surface area contributed by atoms with E-state index in [-0.39, 0.29) is 17.5 Å². The Kier molecular flexibility index (Phi) is 7.43. The molecule has 1 aliphatic rings. The summed E-state index contributed by atoms with van der Waals surface area (Å²) in [6, 6.07) is 18.5. The van der Waals surface area contributed by atoms with Crippen LogP contribution in [0.4, 0.5) is 13.2 Å². The molecule has 0 amide bonds. The molecular formula is C26H31F3N2. The van der Waals surface area contributed by atoms with Crippen molar-refractivity contribution in [2.45, 2.75) is 69.6 Å². The van der Waals surface area contributed by atoms with E-state index >= 15 is 0 Å². The highest BCUT2D eigenvalue weighted by atomic mass is 19.4. The SMILES string of the molecule is CCC(CCC(C#N)(c1ccccc1C(F)(F)F)C1CCC1)N(C)Cc1ccccc1. The summed E-state index contributed by atoms with van der Waals surface area (Å²) in [4.78, 5) is 2.26. The number of benzene rings is 2. The molecular weight excluding hydrogens is 397 g/mol. The lowest BCUT2D eigenvalue weighted by Crippen LogP contribution is -2.41. The first kappa shape index (κ1) is 23.3. The molecule has 0 aromatic heterocycles. The van der Waals surface area contributed by atoms with Gasteiger partial charge in [-0.1, -0.05) is 61.9 Å². The van der Waals surface area contributed by atoms with Crippen LogP contribution in [-0.2, 0) is 18.1 Å². The van der Waals surface area contributed by atoms with E-state index < -0.39 is 17.2 Å². The molecule has 2 aromatic rings. The van der Waals surface area contributed by atoms with Crippen LogP contribution in [0.1, 0.15) is 62.1 Å². The Hall–Kier alpha value is -2.32. The Labute approximate surface area is 183 Å². The molecule has 2 unspecified atom stereocenters. The number of hydrogen-bond donors (Lipinski definition) is 0. The number of alkyl halides is 3. The maximum absolute atomic E-state index is 13.8. The molecule has 3 rings (SSSR count). The van der Waals surface area contributed by atoms with Gasteiger partial charge in [-0.05, 0) is 62.3 Å². The van der Waals surface area contributed by atoms with E-state index in [9.17, 15) is 18.4 Å². The summed E-state index contributed by atoms with van der Waals surface area (Å²) in [7, 11) is 2.06. The van der Waals surface area contributed by atoms with Crippen molar-refractivity contribution in [1.82, 2.24) is 4.90 Å². The van der Waals surface area contributed by atoms with E-state index in [1.807, 2.05) is 18.2 Å². The normalized spacial score (nSPS) is 17.6. The van der Waals surface area contributed by atoms with E-state index in [4.69, 9.17) is 0 Å². The Morgan fingerprint density at radius 1 is 1.03 bits per heavy atom. The van der Waals surface area contributed by atoms with Crippen LogP contribution in [0.25, 0.3) is 0 Å². The molecule has 1 saturated carbocycles. The predicted molar refractivity (Wildman–Crippen MR) is 117 cm³/mol. The van der Waals surface area contributed by atoms with Crippen LogP contribution < -0.4 is 0 Å². The molecule has 2 aromatic carbocycles. The monoisotopic (exact) mass is 428 g/mol. The van der Waals surface area contributed by atoms with Crippen molar-refractivity contribution in [1.29, 1.82) is 5.26 Å². The highest BCUT2D eigenvalue weighted by molar-refractivity contribution is 5.42. The summed E-state index contributed by atoms with van der Waals surface area (Å²) in [5.41, 5.74) is -0.383. The van der Waals surface area contributed by atoms with Gasteiger partial charge in [-0.2, -0.15) is 18.4 Å². The molecule has 0 bridgehead atoms. The van der Waals surface area contributed by atoms with Crippen LogP contribution in [0, 0.1) is 17.2 Å². The summed E-state index contributed by atoms with van der Waals surface area (Å²) in [5.74, 6) is -0.0158. The summed E-state index contributed by atoms with van der Waals surface area (Å²) in [5, 5.41) is 10.3. The largest absolute Gasteiger partial charge is 0.416 e. The third kappa shape index (κ3) is 5.13. The van der Waals surface area contributed by atoms with Crippen LogP contribution >= 0.6 is 0 Å². The average molecular weight is 429 g/mol. The first-order valence-electron chi connectivity index (χ1n) is 11.1. The summed E-state index contributed by atoms with van der Waals surface area (Å²) >= 11 is 0. The molecule has 1 aliphatic carbocycles. The Balaban J connectivity index is 1.86. The third-order valence-electron chi connectivity index (χ3n) is 6.96. The lowest BCUT2D eigenvalue weighted by molar-refractivity contribution is -0.139. The highest BCUT2D eigenvalue weighted by Gasteiger charge is 2.48. The second-order valence-corrected chi connectivity index (χ2v) is 8.76. The van der Waals surface area contributed by atoms with E-state index in [1.165, 1.54) is 17.7 Å². The standard InChI is InChI=1S/C26H31F3N2/c1-3-22(31(2)18-20-10-5-4-6-11-20)16-17-25(19-30,21-12-9-13-21)23-14-7-8-15-24(23)26(27,28)29/h4-8,10-11,14-15,21-22H,3,9,12-13,16-18H2,1-2H3. The zero-order valence-corrected chi connectivity index (χ0v) is 18.3. The van der Waals surface area contributed by atoms with Gasteiger partial charge >= 0.3 is 6.18 Å². The van der Waals surface area contributed by atoms with Crippen LogP contribution in [0.15, 0.2) is 54.6 Å². The summed E-state index contributed by atoms with van der Waals surface area (Å²) in [6.45, 7) is 2.88. The van der Waals surface area contributed by atoms with Crippen molar-refractivity contribution in [3.63, 3.8) is 0 Å². The summed E-state index contributed by atoms with van der Waals surface area (Å²) in [6.07, 6.45) is 0.169. The zero-order valence-electron chi connectivity index (χ0n) is 18.3. The van der Waals surface area contributed by atoms with Gasteiger partial charge in [0.1, 0.15) is 0 Å². The number of halogens is 3. The highest BCUT2D eigenvalue weighted by Crippen LogP contribution is 2.50. The topological polar surface area (TPSA) is 27.0 Å². The van der Waals surface area contributed by atoms with E-state index in [0.29, 0.717) is 12.8 Å². The molecule has 0 heterocycles. The predicted octanol–water partition coefficient (Wildman–Crippen LogP) is 6.96. The molecule has 2 atom stereocenters. The van der Waals surface area contributed by atoms with Crippen molar-refractivity contribution in [3.05, 3.63) is 71.3 Å². The fraction of sp³-hybridized carbons (Fsp3) is 0.500. The van der Waals surface area contributed by atoms with Crippen molar-refractivity contribution < 1.29 is 13.2 Å². The number of rotatable bonds is 9. The lowest BCUT2D eigenvalue weighted by atomic mass is 9.59. The van der Waals surface area contributed by atoms with Crippen molar-refractivity contribution in [2.75, 3.05) is 7.05 Å². The molecule has 5 heteroatoms. The van der Waals surface area contributed by atoms with Crippen molar-refractivity contribution >= 4 is 0 Å². The smallest absolute Gasteiger partial charge is 0.299 e. The molecule has 0 saturated heterocycles. The van der Waals surface area contributed by atoms with Gasteiger partial charge in [-0.3, -0.25) is 4.90 Å². The van der Waals surface area contributed by atoms with E-state index in [2.05, 4.69) is 37.1 Å². The molecule has 0 radical (unpaired) electrons. The van der Waals surface area contributed by atoms with Crippen molar-refractivity contribution in [2.24, 2.45) is 5.92 Å². The second kappa shape index (κ2) is 9.87. The number of hydrogen-bond acceptors (Lipinski definition) is 2. The van der Waals surface area contributed by atoms with Crippen LogP contribution in [-0.4, -0.2) is 18.0 Å². The molecule has 0 spiro atoms. The van der Waals surface area contributed by atoms with Crippen molar-refractivity contribution in [3.8, 4) is 6.07 Å². The minimum absolute atomic E-state index is 0.0158. The van der Waals surface area contributed by atoms with Gasteiger partial charge in [-0.15, -0.1) is 0 Å². The maximum atomic E-state index is 13.8. The van der Waals surface area contributed by atoms with Gasteiger partial charge in [0.25, 0.3) is 0 Å². The van der Waals surface area contributed by atoms with Crippen LogP contribution in [0.2, 0.25) is 0 Å². The van der Waals surface area contributed by atoms with Gasteiger partial charge in [-0.25, -0.2) is 0 Å². The zero-order chi connectivity index (χ0) is 22.5. The third-order valence-corrected chi connectivity index (χ3v) is 6.96. The second-order valence-electron chi connectivity index (χ2n) is 8.76. The molecule has 31 heavy (non-hydrogen) atoms. The first-order chi connectivity index (χ1) is 14.8. The summed E-state index contributed by atoms with van der Waals surface area (Å²) < 4.78 is 41.5. The van der Waals surface area contributed by atoms with E-state index in [0.717, 1.165) is 38.3 Å². The Morgan fingerprint density at radius 3 is 2.16 bits per heavy atom. The van der Waals surface area contributed by atoms with Gasteiger partial charge < -0.3 is 0 Å². The number of nitriles is 1. The Bertz CT molecular complexity index is 884. The molecule has 166 valence electrons. The first-order valence-corrected chi connectivity index (χ1v) is 11.1. The van der Waals surface area contributed by atoms with Gasteiger partial charge in [0.2, 0.25) is 0 Å².